The highest BCUT2D eigenvalue weighted by molar-refractivity contribution is 6.08. The maximum atomic E-state index is 12.5. The second kappa shape index (κ2) is 4.62. The molecular weight excluding hydrogens is 243 g/mol. The number of aromatic nitrogens is 3. The quantitative estimate of drug-likeness (QED) is 0.701. The lowest BCUT2D eigenvalue weighted by Crippen LogP contribution is -2.16. The minimum Gasteiger partial charge on any atom is -0.477 e. The molecule has 3 N–H and O–H groups in total. The van der Waals surface area contributed by atoms with E-state index in [0.717, 1.165) is 18.6 Å². The van der Waals surface area contributed by atoms with Crippen LogP contribution in [0.5, 0.6) is 0 Å². The second-order valence-electron chi connectivity index (χ2n) is 3.26. The number of carbonyl (C=O) groups excluding carboxylic acids is 1. The number of carboxylic acid groups (broad SMARTS) is 1. The van der Waals surface area contributed by atoms with Crippen LogP contribution in [0.2, 0.25) is 0 Å². The van der Waals surface area contributed by atoms with Gasteiger partial charge in [-0.25, -0.2) is 14.8 Å². The second-order valence-corrected chi connectivity index (χ2v) is 3.26. The van der Waals surface area contributed by atoms with Crippen molar-refractivity contribution in [1.29, 1.82) is 0 Å². The molecule has 0 unspecified atom stereocenters. The van der Waals surface area contributed by atoms with E-state index in [0.29, 0.717) is 0 Å². The molecule has 2 rings (SSSR count). The van der Waals surface area contributed by atoms with Crippen molar-refractivity contribution in [1.82, 2.24) is 15.0 Å². The van der Waals surface area contributed by atoms with Crippen LogP contribution >= 0.6 is 0 Å². The van der Waals surface area contributed by atoms with Crippen LogP contribution in [-0.4, -0.2) is 31.9 Å². The topological polar surface area (TPSA) is 108 Å². The van der Waals surface area contributed by atoms with Crippen molar-refractivity contribution in [2.45, 2.75) is 0 Å². The summed E-state index contributed by atoms with van der Waals surface area (Å²) >= 11 is 0. The Labute approximate surface area is 99.7 Å². The maximum absolute atomic E-state index is 12.5. The largest absolute Gasteiger partial charge is 0.477 e. The first kappa shape index (κ1) is 11.7. The van der Waals surface area contributed by atoms with E-state index in [2.05, 4.69) is 20.3 Å². The molecule has 2 aromatic heterocycles. The lowest BCUT2D eigenvalue weighted by atomic mass is 10.3. The number of imidazole rings is 1. The Kier molecular flexibility index (Phi) is 3.00. The van der Waals surface area contributed by atoms with E-state index in [1.807, 2.05) is 0 Å². The van der Waals surface area contributed by atoms with E-state index in [9.17, 15) is 14.0 Å². The first-order valence-electron chi connectivity index (χ1n) is 4.77. The third-order valence-corrected chi connectivity index (χ3v) is 2.05. The van der Waals surface area contributed by atoms with Crippen LogP contribution in [0.1, 0.15) is 21.0 Å². The fraction of sp³-hybridized carbons (Fsp3) is 0. The van der Waals surface area contributed by atoms with Gasteiger partial charge in [-0.3, -0.25) is 4.79 Å². The summed E-state index contributed by atoms with van der Waals surface area (Å²) in [5.41, 5.74) is -0.338. The van der Waals surface area contributed by atoms with Gasteiger partial charge >= 0.3 is 5.97 Å². The standard InChI is InChI=1S/C10H7FN4O3/c11-6-2-1-5(3-12-6)15-9(16)7-8(10(17)18)14-4-13-7/h1-4H,(H,13,14)(H,15,16)(H,17,18). The van der Waals surface area contributed by atoms with Gasteiger partial charge in [0.2, 0.25) is 5.95 Å². The van der Waals surface area contributed by atoms with Crippen molar-refractivity contribution in [2.24, 2.45) is 0 Å². The molecule has 0 aliphatic heterocycles. The van der Waals surface area contributed by atoms with Gasteiger partial charge in [-0.1, -0.05) is 0 Å². The van der Waals surface area contributed by atoms with Crippen molar-refractivity contribution in [3.63, 3.8) is 0 Å². The number of nitrogens with zero attached hydrogens (tertiary/aromatic N) is 2. The smallest absolute Gasteiger partial charge is 0.354 e. The summed E-state index contributed by atoms with van der Waals surface area (Å²) in [7, 11) is 0. The van der Waals surface area contributed by atoms with Crippen molar-refractivity contribution in [3.8, 4) is 0 Å². The number of aromatic amines is 1. The van der Waals surface area contributed by atoms with Crippen LogP contribution in [0.4, 0.5) is 10.1 Å². The zero-order valence-corrected chi connectivity index (χ0v) is 8.85. The van der Waals surface area contributed by atoms with Gasteiger partial charge in [0.1, 0.15) is 0 Å². The number of rotatable bonds is 3. The van der Waals surface area contributed by atoms with E-state index in [4.69, 9.17) is 5.11 Å². The van der Waals surface area contributed by atoms with Gasteiger partial charge in [-0.2, -0.15) is 4.39 Å². The number of anilines is 1. The van der Waals surface area contributed by atoms with Crippen LogP contribution in [0, 0.1) is 5.95 Å². The lowest BCUT2D eigenvalue weighted by molar-refractivity contribution is 0.0686. The van der Waals surface area contributed by atoms with Gasteiger partial charge in [0, 0.05) is 0 Å². The zero-order chi connectivity index (χ0) is 13.1. The first-order chi connectivity index (χ1) is 8.58. The van der Waals surface area contributed by atoms with Gasteiger partial charge in [-0.15, -0.1) is 0 Å². The van der Waals surface area contributed by atoms with Crippen LogP contribution < -0.4 is 5.32 Å². The summed E-state index contributed by atoms with van der Waals surface area (Å²) < 4.78 is 12.5. The number of amides is 1. The number of H-pyrrole nitrogens is 1. The number of halogens is 1. The normalized spacial score (nSPS) is 10.1. The summed E-state index contributed by atoms with van der Waals surface area (Å²) in [4.78, 5) is 31.8. The summed E-state index contributed by atoms with van der Waals surface area (Å²) in [6.45, 7) is 0. The molecule has 0 radical (unpaired) electrons. The molecule has 0 atom stereocenters. The number of carbonyl (C=O) groups is 2. The Balaban J connectivity index is 2.19. The van der Waals surface area contributed by atoms with Crippen LogP contribution in [-0.2, 0) is 0 Å². The zero-order valence-electron chi connectivity index (χ0n) is 8.85. The van der Waals surface area contributed by atoms with Gasteiger partial charge < -0.3 is 15.4 Å². The molecule has 0 spiro atoms. The molecular formula is C10H7FN4O3. The third kappa shape index (κ3) is 2.32. The molecule has 7 nitrogen and oxygen atoms in total. The summed E-state index contributed by atoms with van der Waals surface area (Å²) in [5, 5.41) is 11.1. The van der Waals surface area contributed by atoms with Crippen molar-refractivity contribution in [2.75, 3.05) is 5.32 Å². The molecule has 8 heteroatoms. The molecule has 18 heavy (non-hydrogen) atoms. The predicted octanol–water partition coefficient (Wildman–Crippen LogP) is 0.894. The van der Waals surface area contributed by atoms with E-state index in [-0.39, 0.29) is 17.1 Å². The predicted molar refractivity (Wildman–Crippen MR) is 57.7 cm³/mol. The molecule has 92 valence electrons. The fourth-order valence-electron chi connectivity index (χ4n) is 1.27. The Hall–Kier alpha value is -2.77. The van der Waals surface area contributed by atoms with E-state index < -0.39 is 17.8 Å². The highest BCUT2D eigenvalue weighted by Crippen LogP contribution is 2.09. The molecule has 0 saturated carbocycles. The van der Waals surface area contributed by atoms with E-state index in [1.54, 1.807) is 0 Å². The van der Waals surface area contributed by atoms with Crippen LogP contribution in [0.25, 0.3) is 0 Å². The Morgan fingerprint density at radius 1 is 1.33 bits per heavy atom. The summed E-state index contributed by atoms with van der Waals surface area (Å²) in [6, 6.07) is 2.37. The Morgan fingerprint density at radius 3 is 2.72 bits per heavy atom. The molecule has 0 fully saturated rings. The van der Waals surface area contributed by atoms with Gasteiger partial charge in [0.25, 0.3) is 5.91 Å². The number of hydrogen-bond donors (Lipinski definition) is 3. The van der Waals surface area contributed by atoms with Gasteiger partial charge in [-0.05, 0) is 12.1 Å². The highest BCUT2D eigenvalue weighted by atomic mass is 19.1. The lowest BCUT2D eigenvalue weighted by Gasteiger charge is -2.02. The SMILES string of the molecule is O=C(Nc1ccc(F)nc1)c1nc[nH]c1C(=O)O. The Morgan fingerprint density at radius 2 is 2.11 bits per heavy atom. The number of carboxylic acids is 1. The minimum absolute atomic E-state index is 0.237. The van der Waals surface area contributed by atoms with Crippen molar-refractivity contribution < 1.29 is 19.1 Å². The Bertz CT molecular complexity index is 593. The highest BCUT2D eigenvalue weighted by Gasteiger charge is 2.19. The molecule has 0 saturated heterocycles. The molecule has 0 aromatic carbocycles. The number of nitrogens with one attached hydrogen (secondary N) is 2. The molecule has 0 aliphatic rings. The van der Waals surface area contributed by atoms with E-state index in [1.165, 1.54) is 6.07 Å². The molecule has 0 aliphatic carbocycles. The van der Waals surface area contributed by atoms with Crippen LogP contribution in [0.15, 0.2) is 24.7 Å². The van der Waals surface area contributed by atoms with Crippen molar-refractivity contribution in [3.05, 3.63) is 42.0 Å². The molecule has 2 aromatic rings. The van der Waals surface area contributed by atoms with E-state index >= 15 is 0 Å². The first-order valence-corrected chi connectivity index (χ1v) is 4.77. The summed E-state index contributed by atoms with van der Waals surface area (Å²) in [5.74, 6) is -2.70. The average Bonchev–Trinajstić information content (AvgIpc) is 2.81. The summed E-state index contributed by atoms with van der Waals surface area (Å²) in [6.07, 6.45) is 2.21. The third-order valence-electron chi connectivity index (χ3n) is 2.05. The maximum Gasteiger partial charge on any atom is 0.354 e. The molecule has 1 amide bonds. The van der Waals surface area contributed by atoms with Gasteiger partial charge in [0.05, 0.1) is 18.2 Å². The number of hydrogen-bond acceptors (Lipinski definition) is 4. The van der Waals surface area contributed by atoms with Crippen LogP contribution in [0.3, 0.4) is 0 Å². The van der Waals surface area contributed by atoms with Crippen molar-refractivity contribution >= 4 is 17.6 Å². The average molecular weight is 250 g/mol. The fourth-order valence-corrected chi connectivity index (χ4v) is 1.27. The molecule has 2 heterocycles. The number of pyridine rings is 1. The monoisotopic (exact) mass is 250 g/mol. The number of aromatic carboxylic acids is 1. The minimum atomic E-state index is -1.30. The molecule has 0 bridgehead atoms. The van der Waals surface area contributed by atoms with Gasteiger partial charge in [0.15, 0.2) is 11.4 Å².